The highest BCUT2D eigenvalue weighted by Gasteiger charge is 2.47. The van der Waals surface area contributed by atoms with Gasteiger partial charge in [0.25, 0.3) is 0 Å². The fourth-order valence-corrected chi connectivity index (χ4v) is 5.40. The number of aliphatic hydroxyl groups excluding tert-OH is 3. The maximum atomic E-state index is 13.3. The van der Waals surface area contributed by atoms with Crippen LogP contribution in [0.3, 0.4) is 0 Å². The summed E-state index contributed by atoms with van der Waals surface area (Å²) in [5, 5.41) is 33.7. The molecular formula is C42H53NO8. The number of esters is 1. The molecule has 51 heavy (non-hydrogen) atoms. The predicted octanol–water partition coefficient (Wildman–Crippen LogP) is 6.41. The number of benzene rings is 2. The van der Waals surface area contributed by atoms with Crippen molar-refractivity contribution in [3.8, 4) is 0 Å². The average molecular weight is 700 g/mol. The van der Waals surface area contributed by atoms with Crippen molar-refractivity contribution < 1.29 is 39.2 Å². The fraction of sp³-hybridized carbons (Fsp3) is 0.405. The predicted molar refractivity (Wildman–Crippen MR) is 199 cm³/mol. The molecule has 0 saturated carbocycles. The van der Waals surface area contributed by atoms with E-state index in [0.717, 1.165) is 32.1 Å². The zero-order chi connectivity index (χ0) is 36.8. The SMILES string of the molecule is CC/C=C\C/C=C\C/C=C\C/C=C\C/C=C\CCCC(=O)N[C@H]1[C@H](OC(=O)C(C)c2cccc(C(=O)c3ccccc3)c2)O[C@H](CO)[C@@H](O)[C@H]1O. The molecule has 1 amide bonds. The van der Waals surface area contributed by atoms with E-state index < -0.39 is 55.0 Å². The van der Waals surface area contributed by atoms with Crippen molar-refractivity contribution in [2.75, 3.05) is 6.61 Å². The molecule has 1 unspecified atom stereocenters. The highest BCUT2D eigenvalue weighted by atomic mass is 16.7. The maximum absolute atomic E-state index is 13.3. The maximum Gasteiger partial charge on any atom is 0.315 e. The number of aliphatic hydroxyl groups is 3. The number of carbonyl (C=O) groups excluding carboxylic acids is 3. The second-order valence-electron chi connectivity index (χ2n) is 12.4. The number of ether oxygens (including phenoxy) is 2. The summed E-state index contributed by atoms with van der Waals surface area (Å²) in [4.78, 5) is 39.1. The van der Waals surface area contributed by atoms with Gasteiger partial charge in [-0.15, -0.1) is 0 Å². The number of nitrogens with one attached hydrogen (secondary N) is 1. The Kier molecular flexibility index (Phi) is 18.6. The third kappa shape index (κ3) is 14.0. The van der Waals surface area contributed by atoms with Gasteiger partial charge in [0.05, 0.1) is 12.5 Å². The number of unbranched alkanes of at least 4 members (excludes halogenated alkanes) is 1. The van der Waals surface area contributed by atoms with Gasteiger partial charge < -0.3 is 30.1 Å². The van der Waals surface area contributed by atoms with Crippen molar-refractivity contribution >= 4 is 17.7 Å². The van der Waals surface area contributed by atoms with E-state index in [9.17, 15) is 29.7 Å². The summed E-state index contributed by atoms with van der Waals surface area (Å²) in [6.07, 6.45) is 21.4. The summed E-state index contributed by atoms with van der Waals surface area (Å²) in [6, 6.07) is 14.2. The zero-order valence-electron chi connectivity index (χ0n) is 29.7. The first-order valence-corrected chi connectivity index (χ1v) is 17.8. The minimum absolute atomic E-state index is 0.135. The lowest BCUT2D eigenvalue weighted by Gasteiger charge is -2.42. The molecule has 0 aliphatic carbocycles. The Balaban J connectivity index is 1.47. The van der Waals surface area contributed by atoms with Crippen LogP contribution in [0.15, 0.2) is 115 Å². The van der Waals surface area contributed by atoms with Crippen molar-refractivity contribution in [3.63, 3.8) is 0 Å². The second-order valence-corrected chi connectivity index (χ2v) is 12.4. The van der Waals surface area contributed by atoms with E-state index in [0.29, 0.717) is 29.5 Å². The highest BCUT2D eigenvalue weighted by Crippen LogP contribution is 2.26. The molecule has 9 nitrogen and oxygen atoms in total. The number of hydrogen-bond acceptors (Lipinski definition) is 8. The van der Waals surface area contributed by atoms with Gasteiger partial charge in [0.2, 0.25) is 12.2 Å². The lowest BCUT2D eigenvalue weighted by Crippen LogP contribution is -2.65. The molecule has 1 heterocycles. The van der Waals surface area contributed by atoms with Gasteiger partial charge in [-0.25, -0.2) is 0 Å². The first-order chi connectivity index (χ1) is 24.8. The van der Waals surface area contributed by atoms with Gasteiger partial charge in [-0.05, 0) is 63.5 Å². The van der Waals surface area contributed by atoms with Gasteiger partial charge >= 0.3 is 5.97 Å². The quantitative estimate of drug-likeness (QED) is 0.0538. The molecule has 4 N–H and O–H groups in total. The van der Waals surface area contributed by atoms with Crippen molar-refractivity contribution in [3.05, 3.63) is 132 Å². The molecule has 3 rings (SSSR count). The summed E-state index contributed by atoms with van der Waals surface area (Å²) in [5.74, 6) is -2.18. The van der Waals surface area contributed by atoms with E-state index >= 15 is 0 Å². The number of rotatable bonds is 20. The monoisotopic (exact) mass is 699 g/mol. The molecule has 2 aromatic rings. The molecular weight excluding hydrogens is 646 g/mol. The summed E-state index contributed by atoms with van der Waals surface area (Å²) in [6.45, 7) is 3.09. The number of hydrogen-bond donors (Lipinski definition) is 4. The summed E-state index contributed by atoms with van der Waals surface area (Å²) in [7, 11) is 0. The Morgan fingerprint density at radius 2 is 1.39 bits per heavy atom. The van der Waals surface area contributed by atoms with E-state index in [1.165, 1.54) is 0 Å². The topological polar surface area (TPSA) is 142 Å². The Morgan fingerprint density at radius 3 is 2.00 bits per heavy atom. The van der Waals surface area contributed by atoms with E-state index in [4.69, 9.17) is 9.47 Å². The Morgan fingerprint density at radius 1 is 0.804 bits per heavy atom. The van der Waals surface area contributed by atoms with Crippen molar-refractivity contribution in [2.24, 2.45) is 0 Å². The van der Waals surface area contributed by atoms with Gasteiger partial charge in [0, 0.05) is 17.5 Å². The zero-order valence-corrected chi connectivity index (χ0v) is 29.7. The van der Waals surface area contributed by atoms with Gasteiger partial charge in [-0.3, -0.25) is 14.4 Å². The van der Waals surface area contributed by atoms with Gasteiger partial charge in [-0.2, -0.15) is 0 Å². The lowest BCUT2D eigenvalue weighted by molar-refractivity contribution is -0.264. The Labute approximate surface area is 302 Å². The van der Waals surface area contributed by atoms with Crippen LogP contribution >= 0.6 is 0 Å². The van der Waals surface area contributed by atoms with Crippen LogP contribution in [-0.4, -0.2) is 70.2 Å². The molecule has 0 spiro atoms. The van der Waals surface area contributed by atoms with Crippen LogP contribution in [0.5, 0.6) is 0 Å². The molecule has 6 atom stereocenters. The highest BCUT2D eigenvalue weighted by molar-refractivity contribution is 6.09. The molecule has 2 aromatic carbocycles. The first kappa shape index (κ1) is 41.0. The number of amides is 1. The largest absolute Gasteiger partial charge is 0.433 e. The van der Waals surface area contributed by atoms with Crippen LogP contribution in [0.1, 0.15) is 92.6 Å². The number of allylic oxidation sites excluding steroid dienone is 10. The van der Waals surface area contributed by atoms with Crippen LogP contribution in [0.4, 0.5) is 0 Å². The lowest BCUT2D eigenvalue weighted by atomic mass is 9.95. The normalized spacial score (nSPS) is 21.6. The van der Waals surface area contributed by atoms with Crippen molar-refractivity contribution in [2.45, 2.75) is 102 Å². The molecule has 1 aliphatic heterocycles. The van der Waals surface area contributed by atoms with E-state index in [1.807, 2.05) is 18.2 Å². The molecule has 9 heteroatoms. The average Bonchev–Trinajstić information content (AvgIpc) is 3.15. The smallest absolute Gasteiger partial charge is 0.315 e. The Bertz CT molecular complexity index is 1510. The van der Waals surface area contributed by atoms with Crippen LogP contribution in [0.2, 0.25) is 0 Å². The standard InChI is InChI=1S/C42H53NO8/c1-3-4-5-6-7-8-9-10-11-12-13-14-15-16-17-18-22-28-36(45)43-37-40(48)39(47)35(30-44)50-42(37)51-41(49)31(2)33-26-23-27-34(29-33)38(46)32-24-20-19-21-25-32/h4-5,7-8,10-11,13-14,16-17,19-21,23-27,29,31,35,37,39-40,42,44,47-48H,3,6,9,12,15,18,22,28,30H2,1-2H3,(H,43,45)/b5-4-,8-7-,11-10-,14-13-,17-16-/t31?,35-,37-,39-,40+,42+/m1/s1. The van der Waals surface area contributed by atoms with Crippen LogP contribution in [0.25, 0.3) is 0 Å². The van der Waals surface area contributed by atoms with Crippen LogP contribution in [0, 0.1) is 0 Å². The molecule has 0 bridgehead atoms. The minimum Gasteiger partial charge on any atom is -0.433 e. The number of carbonyl (C=O) groups is 3. The fourth-order valence-electron chi connectivity index (χ4n) is 5.40. The van der Waals surface area contributed by atoms with Gasteiger partial charge in [-0.1, -0.05) is 116 Å². The van der Waals surface area contributed by atoms with E-state index in [-0.39, 0.29) is 12.2 Å². The first-order valence-electron chi connectivity index (χ1n) is 17.8. The van der Waals surface area contributed by atoms with Crippen LogP contribution in [-0.2, 0) is 19.1 Å². The van der Waals surface area contributed by atoms with Crippen molar-refractivity contribution in [1.82, 2.24) is 5.32 Å². The summed E-state index contributed by atoms with van der Waals surface area (Å²) >= 11 is 0. The molecule has 0 aromatic heterocycles. The third-order valence-electron chi connectivity index (χ3n) is 8.41. The van der Waals surface area contributed by atoms with Gasteiger partial charge in [0.15, 0.2) is 5.78 Å². The summed E-state index contributed by atoms with van der Waals surface area (Å²) in [5.41, 5.74) is 1.44. The minimum atomic E-state index is -1.56. The third-order valence-corrected chi connectivity index (χ3v) is 8.41. The molecule has 1 aliphatic rings. The summed E-state index contributed by atoms with van der Waals surface area (Å²) < 4.78 is 11.3. The molecule has 0 radical (unpaired) electrons. The molecule has 1 fully saturated rings. The molecule has 1 saturated heterocycles. The second kappa shape index (κ2) is 23.1. The van der Waals surface area contributed by atoms with Crippen molar-refractivity contribution in [1.29, 1.82) is 0 Å². The number of ketones is 1. The van der Waals surface area contributed by atoms with Crippen LogP contribution < -0.4 is 5.32 Å². The van der Waals surface area contributed by atoms with E-state index in [1.54, 1.807) is 55.5 Å². The van der Waals surface area contributed by atoms with Gasteiger partial charge in [0.1, 0.15) is 24.4 Å². The molecule has 274 valence electrons. The Hall–Kier alpha value is -4.41. The van der Waals surface area contributed by atoms with E-state index in [2.05, 4.69) is 60.8 Å².